The molecule has 122 valence electrons. The molecule has 24 heavy (non-hydrogen) atoms. The van der Waals surface area contributed by atoms with Crippen molar-refractivity contribution < 1.29 is 14.3 Å². The maximum Gasteiger partial charge on any atom is 0.275 e. The van der Waals surface area contributed by atoms with Crippen molar-refractivity contribution in [2.24, 2.45) is 0 Å². The Morgan fingerprint density at radius 1 is 1.04 bits per heavy atom. The van der Waals surface area contributed by atoms with Crippen LogP contribution in [0, 0.1) is 0 Å². The number of carbonyl (C=O) groups is 1. The molecule has 2 aromatic carbocycles. The number of nitrogens with zero attached hydrogens (tertiary/aromatic N) is 1. The van der Waals surface area contributed by atoms with E-state index >= 15 is 0 Å². The maximum absolute atomic E-state index is 12.3. The second-order valence-corrected chi connectivity index (χ2v) is 5.76. The van der Waals surface area contributed by atoms with Crippen molar-refractivity contribution in [2.75, 3.05) is 19.5 Å². The van der Waals surface area contributed by atoms with Gasteiger partial charge in [-0.3, -0.25) is 4.79 Å². The van der Waals surface area contributed by atoms with Crippen molar-refractivity contribution in [1.82, 2.24) is 4.98 Å². The number of hydrogen-bond donors (Lipinski definition) is 1. The molecule has 3 rings (SSSR count). The predicted molar refractivity (Wildman–Crippen MR) is 95.0 cm³/mol. The van der Waals surface area contributed by atoms with Gasteiger partial charge in [-0.1, -0.05) is 24.3 Å². The van der Waals surface area contributed by atoms with E-state index in [4.69, 9.17) is 9.47 Å². The maximum atomic E-state index is 12.3. The Labute approximate surface area is 143 Å². The molecule has 0 aliphatic heterocycles. The third kappa shape index (κ3) is 3.23. The Balaban J connectivity index is 1.87. The Morgan fingerprint density at radius 3 is 2.54 bits per heavy atom. The third-order valence-corrected chi connectivity index (χ3v) is 4.28. The van der Waals surface area contributed by atoms with Crippen LogP contribution in [0.5, 0.6) is 11.5 Å². The average molecular weight is 340 g/mol. The van der Waals surface area contributed by atoms with Gasteiger partial charge in [0, 0.05) is 11.1 Å². The smallest absolute Gasteiger partial charge is 0.275 e. The van der Waals surface area contributed by atoms with Gasteiger partial charge in [-0.15, -0.1) is 11.3 Å². The van der Waals surface area contributed by atoms with Gasteiger partial charge in [0.2, 0.25) is 0 Å². The molecule has 0 fully saturated rings. The van der Waals surface area contributed by atoms with Crippen LogP contribution in [0.25, 0.3) is 10.6 Å². The molecule has 6 heteroatoms. The molecule has 3 aromatic rings. The lowest BCUT2D eigenvalue weighted by Gasteiger charge is -2.10. The summed E-state index contributed by atoms with van der Waals surface area (Å²) in [6, 6.07) is 14.9. The number of ether oxygens (including phenoxy) is 2. The molecule has 0 saturated carbocycles. The van der Waals surface area contributed by atoms with Crippen molar-refractivity contribution in [3.8, 4) is 22.1 Å². The van der Waals surface area contributed by atoms with E-state index in [2.05, 4.69) is 10.3 Å². The molecule has 0 aliphatic rings. The van der Waals surface area contributed by atoms with Gasteiger partial charge in [0.1, 0.15) is 10.7 Å². The number of benzene rings is 2. The number of thiazole rings is 1. The van der Waals surface area contributed by atoms with Gasteiger partial charge < -0.3 is 14.8 Å². The largest absolute Gasteiger partial charge is 0.493 e. The van der Waals surface area contributed by atoms with Crippen LogP contribution in [0.4, 0.5) is 5.69 Å². The summed E-state index contributed by atoms with van der Waals surface area (Å²) in [4.78, 5) is 16.7. The zero-order valence-electron chi connectivity index (χ0n) is 13.3. The highest BCUT2D eigenvalue weighted by Crippen LogP contribution is 2.38. The highest BCUT2D eigenvalue weighted by Gasteiger charge is 2.17. The van der Waals surface area contributed by atoms with E-state index in [1.54, 1.807) is 19.6 Å². The standard InChI is InChI=1S/C18H16N2O3S/c1-22-15-10-6-9-13(16(15)23-2)18-20-14(11-24-18)17(21)19-12-7-4-3-5-8-12/h3-11H,1-2H3,(H,19,21). The van der Waals surface area contributed by atoms with E-state index in [9.17, 15) is 4.79 Å². The quantitative estimate of drug-likeness (QED) is 0.760. The van der Waals surface area contributed by atoms with Crippen LogP contribution in [-0.2, 0) is 0 Å². The van der Waals surface area contributed by atoms with Crippen LogP contribution in [-0.4, -0.2) is 25.1 Å². The second kappa shape index (κ2) is 7.14. The molecular formula is C18H16N2O3S. The molecule has 1 N–H and O–H groups in total. The summed E-state index contributed by atoms with van der Waals surface area (Å²) < 4.78 is 10.7. The van der Waals surface area contributed by atoms with E-state index in [1.165, 1.54) is 11.3 Å². The van der Waals surface area contributed by atoms with Gasteiger partial charge in [0.15, 0.2) is 11.5 Å². The topological polar surface area (TPSA) is 60.5 Å². The number of amides is 1. The van der Waals surface area contributed by atoms with E-state index in [0.29, 0.717) is 22.2 Å². The van der Waals surface area contributed by atoms with Crippen molar-refractivity contribution in [1.29, 1.82) is 0 Å². The average Bonchev–Trinajstić information content (AvgIpc) is 3.12. The van der Waals surface area contributed by atoms with Crippen molar-refractivity contribution in [3.63, 3.8) is 0 Å². The highest BCUT2D eigenvalue weighted by molar-refractivity contribution is 7.13. The highest BCUT2D eigenvalue weighted by atomic mass is 32.1. The number of nitrogens with one attached hydrogen (secondary N) is 1. The molecule has 0 aliphatic carbocycles. The first-order valence-corrected chi connectivity index (χ1v) is 8.14. The van der Waals surface area contributed by atoms with Crippen LogP contribution in [0.3, 0.4) is 0 Å². The van der Waals surface area contributed by atoms with Gasteiger partial charge in [0.05, 0.1) is 19.8 Å². The monoisotopic (exact) mass is 340 g/mol. The number of hydrogen-bond acceptors (Lipinski definition) is 5. The van der Waals surface area contributed by atoms with Crippen molar-refractivity contribution in [2.45, 2.75) is 0 Å². The number of para-hydroxylation sites is 2. The van der Waals surface area contributed by atoms with E-state index < -0.39 is 0 Å². The van der Waals surface area contributed by atoms with Gasteiger partial charge in [-0.05, 0) is 24.3 Å². The van der Waals surface area contributed by atoms with Crippen LogP contribution in [0.2, 0.25) is 0 Å². The molecule has 0 spiro atoms. The Kier molecular flexibility index (Phi) is 4.77. The SMILES string of the molecule is COc1cccc(-c2nc(C(=O)Nc3ccccc3)cs2)c1OC. The van der Waals surface area contributed by atoms with Gasteiger partial charge in [-0.25, -0.2) is 4.98 Å². The first-order chi connectivity index (χ1) is 11.7. The van der Waals surface area contributed by atoms with Crippen molar-refractivity contribution >= 4 is 22.9 Å². The minimum Gasteiger partial charge on any atom is -0.493 e. The molecule has 0 unspecified atom stereocenters. The minimum absolute atomic E-state index is 0.245. The first kappa shape index (κ1) is 16.0. The molecular weight excluding hydrogens is 324 g/mol. The molecule has 0 saturated heterocycles. The van der Waals surface area contributed by atoms with E-state index in [-0.39, 0.29) is 5.91 Å². The third-order valence-electron chi connectivity index (χ3n) is 3.40. The van der Waals surface area contributed by atoms with E-state index in [0.717, 1.165) is 11.3 Å². The number of carbonyl (C=O) groups excluding carboxylic acids is 1. The lowest BCUT2D eigenvalue weighted by atomic mass is 10.2. The molecule has 5 nitrogen and oxygen atoms in total. The molecule has 1 aromatic heterocycles. The van der Waals surface area contributed by atoms with Crippen LogP contribution >= 0.6 is 11.3 Å². The van der Waals surface area contributed by atoms with Gasteiger partial charge in [-0.2, -0.15) is 0 Å². The van der Waals surface area contributed by atoms with Gasteiger partial charge >= 0.3 is 0 Å². The molecule has 1 heterocycles. The van der Waals surface area contributed by atoms with Crippen LogP contribution in [0.1, 0.15) is 10.5 Å². The second-order valence-electron chi connectivity index (χ2n) is 4.90. The molecule has 0 bridgehead atoms. The summed E-state index contributed by atoms with van der Waals surface area (Å²) in [5.41, 5.74) is 1.89. The minimum atomic E-state index is -0.245. The Bertz CT molecular complexity index is 846. The summed E-state index contributed by atoms with van der Waals surface area (Å²) >= 11 is 1.38. The predicted octanol–water partition coefficient (Wildman–Crippen LogP) is 4.08. The molecule has 1 amide bonds. The summed E-state index contributed by atoms with van der Waals surface area (Å²) in [5.74, 6) is 0.982. The number of anilines is 1. The van der Waals surface area contributed by atoms with E-state index in [1.807, 2.05) is 48.5 Å². The number of rotatable bonds is 5. The molecule has 0 atom stereocenters. The van der Waals surface area contributed by atoms with Crippen LogP contribution in [0.15, 0.2) is 53.9 Å². The summed E-state index contributed by atoms with van der Waals surface area (Å²) in [6.07, 6.45) is 0. The van der Waals surface area contributed by atoms with Crippen molar-refractivity contribution in [3.05, 3.63) is 59.6 Å². The lowest BCUT2D eigenvalue weighted by Crippen LogP contribution is -2.12. The van der Waals surface area contributed by atoms with Gasteiger partial charge in [0.25, 0.3) is 5.91 Å². The number of methoxy groups -OCH3 is 2. The fourth-order valence-corrected chi connectivity index (χ4v) is 3.10. The normalized spacial score (nSPS) is 10.2. The zero-order valence-corrected chi connectivity index (χ0v) is 14.1. The summed E-state index contributed by atoms with van der Waals surface area (Å²) in [6.45, 7) is 0. The fraction of sp³-hybridized carbons (Fsp3) is 0.111. The zero-order chi connectivity index (χ0) is 16.9. The summed E-state index contributed by atoms with van der Waals surface area (Å²) in [7, 11) is 3.17. The lowest BCUT2D eigenvalue weighted by molar-refractivity contribution is 0.102. The fourth-order valence-electron chi connectivity index (χ4n) is 2.27. The van der Waals surface area contributed by atoms with Crippen LogP contribution < -0.4 is 14.8 Å². The molecule has 0 radical (unpaired) electrons. The first-order valence-electron chi connectivity index (χ1n) is 7.26. The Hall–Kier alpha value is -2.86. The Morgan fingerprint density at radius 2 is 1.83 bits per heavy atom. The summed E-state index contributed by atoms with van der Waals surface area (Å²) in [5, 5.41) is 5.25. The number of aromatic nitrogens is 1.